The van der Waals surface area contributed by atoms with Crippen molar-refractivity contribution in [1.29, 1.82) is 0 Å². The Kier molecular flexibility index (Phi) is 4.55. The molecular formula is C16H23O2. The zero-order chi connectivity index (χ0) is 13.9. The van der Waals surface area contributed by atoms with Gasteiger partial charge in [-0.2, -0.15) is 0 Å². The molecule has 1 radical (unpaired) electrons. The van der Waals surface area contributed by atoms with Gasteiger partial charge in [-0.3, -0.25) is 4.79 Å². The van der Waals surface area contributed by atoms with Crippen LogP contribution in [0.25, 0.3) is 0 Å². The largest absolute Gasteiger partial charge is 0.458 e. The van der Waals surface area contributed by atoms with Crippen molar-refractivity contribution in [2.75, 3.05) is 0 Å². The lowest BCUT2D eigenvalue weighted by molar-refractivity contribution is -0.144. The Morgan fingerprint density at radius 2 is 1.94 bits per heavy atom. The van der Waals surface area contributed by atoms with Crippen LogP contribution in [0, 0.1) is 13.3 Å². The lowest BCUT2D eigenvalue weighted by Gasteiger charge is -2.22. The van der Waals surface area contributed by atoms with Gasteiger partial charge in [0, 0.05) is 0 Å². The van der Waals surface area contributed by atoms with Crippen LogP contribution in [0.15, 0.2) is 18.2 Å². The van der Waals surface area contributed by atoms with Crippen LogP contribution in [0.1, 0.15) is 57.4 Å². The van der Waals surface area contributed by atoms with Crippen molar-refractivity contribution in [2.24, 2.45) is 0 Å². The summed E-state index contributed by atoms with van der Waals surface area (Å²) in [5.41, 5.74) is 3.67. The first-order chi connectivity index (χ1) is 8.25. The van der Waals surface area contributed by atoms with E-state index >= 15 is 0 Å². The summed E-state index contributed by atoms with van der Waals surface area (Å²) < 4.78 is 5.30. The number of aryl methyl sites for hydroxylation is 1. The maximum atomic E-state index is 11.3. The molecular weight excluding hydrogens is 224 g/mol. The first-order valence-electron chi connectivity index (χ1n) is 6.36. The van der Waals surface area contributed by atoms with Gasteiger partial charge in [-0.05, 0) is 36.0 Å². The topological polar surface area (TPSA) is 26.3 Å². The SMILES string of the molecule is C[CH]C(=O)OC(C)c1ccc(C(C)(C)C)cc1C. The molecule has 2 heteroatoms. The zero-order valence-corrected chi connectivity index (χ0v) is 12.2. The summed E-state index contributed by atoms with van der Waals surface area (Å²) >= 11 is 0. The molecule has 0 bridgehead atoms. The summed E-state index contributed by atoms with van der Waals surface area (Å²) in [6.07, 6.45) is 1.23. The molecule has 0 amide bonds. The summed E-state index contributed by atoms with van der Waals surface area (Å²) in [7, 11) is 0. The number of esters is 1. The molecule has 1 unspecified atom stereocenters. The molecule has 0 aliphatic rings. The first kappa shape index (κ1) is 14.7. The van der Waals surface area contributed by atoms with Gasteiger partial charge in [0.1, 0.15) is 6.10 Å². The van der Waals surface area contributed by atoms with Gasteiger partial charge >= 0.3 is 5.97 Å². The Bertz CT molecular complexity index is 427. The number of carbonyl (C=O) groups excluding carboxylic acids is 1. The van der Waals surface area contributed by atoms with Crippen molar-refractivity contribution in [3.05, 3.63) is 41.3 Å². The quantitative estimate of drug-likeness (QED) is 0.751. The van der Waals surface area contributed by atoms with Gasteiger partial charge < -0.3 is 4.74 Å². The fourth-order valence-corrected chi connectivity index (χ4v) is 1.90. The third-order valence-electron chi connectivity index (χ3n) is 3.10. The minimum atomic E-state index is -0.276. The fraction of sp³-hybridized carbons (Fsp3) is 0.500. The van der Waals surface area contributed by atoms with Crippen molar-refractivity contribution in [3.63, 3.8) is 0 Å². The van der Waals surface area contributed by atoms with Crippen LogP contribution in [0.2, 0.25) is 0 Å². The summed E-state index contributed by atoms with van der Waals surface area (Å²) in [6.45, 7) is 12.2. The molecule has 0 aliphatic carbocycles. The second kappa shape index (κ2) is 5.55. The molecule has 0 spiro atoms. The van der Waals surface area contributed by atoms with E-state index in [1.807, 2.05) is 6.92 Å². The molecule has 18 heavy (non-hydrogen) atoms. The van der Waals surface area contributed by atoms with Crippen LogP contribution < -0.4 is 0 Å². The second-order valence-electron chi connectivity index (χ2n) is 5.69. The lowest BCUT2D eigenvalue weighted by Crippen LogP contribution is -2.13. The summed E-state index contributed by atoms with van der Waals surface area (Å²) in [5.74, 6) is -0.276. The average Bonchev–Trinajstić information content (AvgIpc) is 2.27. The predicted octanol–water partition coefficient (Wildman–Crippen LogP) is 4.12. The average molecular weight is 247 g/mol. The first-order valence-corrected chi connectivity index (χ1v) is 6.36. The van der Waals surface area contributed by atoms with Gasteiger partial charge in [0.25, 0.3) is 0 Å². The summed E-state index contributed by atoms with van der Waals surface area (Å²) in [6, 6.07) is 6.35. The molecule has 99 valence electrons. The van der Waals surface area contributed by atoms with E-state index in [-0.39, 0.29) is 17.5 Å². The van der Waals surface area contributed by atoms with E-state index in [2.05, 4.69) is 45.9 Å². The van der Waals surface area contributed by atoms with E-state index in [0.29, 0.717) is 0 Å². The van der Waals surface area contributed by atoms with Crippen LogP contribution in [0.4, 0.5) is 0 Å². The summed E-state index contributed by atoms with van der Waals surface area (Å²) in [5, 5.41) is 0. The number of carbonyl (C=O) groups is 1. The maximum Gasteiger partial charge on any atom is 0.310 e. The molecule has 1 rings (SSSR count). The Balaban J connectivity index is 2.95. The number of rotatable bonds is 3. The molecule has 0 heterocycles. The van der Waals surface area contributed by atoms with Crippen molar-refractivity contribution in [2.45, 2.75) is 53.1 Å². The Labute approximate surface area is 110 Å². The minimum absolute atomic E-state index is 0.139. The van der Waals surface area contributed by atoms with Crippen LogP contribution in [-0.2, 0) is 14.9 Å². The molecule has 0 saturated carbocycles. The van der Waals surface area contributed by atoms with E-state index < -0.39 is 0 Å². The van der Waals surface area contributed by atoms with Gasteiger partial charge in [0.15, 0.2) is 0 Å². The number of hydrogen-bond donors (Lipinski definition) is 0. The van der Waals surface area contributed by atoms with Crippen LogP contribution in [-0.4, -0.2) is 5.97 Å². The highest BCUT2D eigenvalue weighted by Crippen LogP contribution is 2.28. The number of ether oxygens (including phenoxy) is 1. The lowest BCUT2D eigenvalue weighted by atomic mass is 9.85. The third-order valence-corrected chi connectivity index (χ3v) is 3.10. The molecule has 0 saturated heterocycles. The van der Waals surface area contributed by atoms with Crippen molar-refractivity contribution >= 4 is 5.97 Å². The predicted molar refractivity (Wildman–Crippen MR) is 74.4 cm³/mol. The Morgan fingerprint density at radius 1 is 1.33 bits per heavy atom. The van der Waals surface area contributed by atoms with Crippen molar-refractivity contribution < 1.29 is 9.53 Å². The molecule has 1 aromatic rings. The molecule has 0 fully saturated rings. The van der Waals surface area contributed by atoms with Gasteiger partial charge in [0.2, 0.25) is 0 Å². The summed E-state index contributed by atoms with van der Waals surface area (Å²) in [4.78, 5) is 11.3. The Hall–Kier alpha value is -1.31. The van der Waals surface area contributed by atoms with Gasteiger partial charge in [-0.15, -0.1) is 0 Å². The van der Waals surface area contributed by atoms with Crippen molar-refractivity contribution in [1.82, 2.24) is 0 Å². The highest BCUT2D eigenvalue weighted by molar-refractivity contribution is 5.78. The normalized spacial score (nSPS) is 13.2. The van der Waals surface area contributed by atoms with Gasteiger partial charge in [-0.1, -0.05) is 45.9 Å². The maximum absolute atomic E-state index is 11.3. The molecule has 0 aliphatic heterocycles. The fourth-order valence-electron chi connectivity index (χ4n) is 1.90. The molecule has 2 nitrogen and oxygen atoms in total. The van der Waals surface area contributed by atoms with E-state index in [0.717, 1.165) is 5.56 Å². The van der Waals surface area contributed by atoms with Crippen LogP contribution >= 0.6 is 0 Å². The molecule has 0 aromatic heterocycles. The highest BCUT2D eigenvalue weighted by Gasteiger charge is 2.17. The van der Waals surface area contributed by atoms with E-state index in [1.54, 1.807) is 6.92 Å². The molecule has 0 N–H and O–H groups in total. The van der Waals surface area contributed by atoms with Crippen molar-refractivity contribution in [3.8, 4) is 0 Å². The number of hydrogen-bond acceptors (Lipinski definition) is 2. The van der Waals surface area contributed by atoms with E-state index in [1.165, 1.54) is 17.5 Å². The van der Waals surface area contributed by atoms with Crippen LogP contribution in [0.3, 0.4) is 0 Å². The Morgan fingerprint density at radius 3 is 2.39 bits per heavy atom. The minimum Gasteiger partial charge on any atom is -0.458 e. The van der Waals surface area contributed by atoms with Gasteiger partial charge in [0.05, 0.1) is 6.42 Å². The van der Waals surface area contributed by atoms with Gasteiger partial charge in [-0.25, -0.2) is 0 Å². The molecule has 1 aromatic carbocycles. The smallest absolute Gasteiger partial charge is 0.310 e. The monoisotopic (exact) mass is 247 g/mol. The van der Waals surface area contributed by atoms with Crippen LogP contribution in [0.5, 0.6) is 0 Å². The highest BCUT2D eigenvalue weighted by atomic mass is 16.5. The standard InChI is InChI=1S/C16H23O2/c1-7-15(17)18-12(3)14-9-8-13(10-11(14)2)16(4,5)6/h7-10,12H,1-6H3. The third kappa shape index (κ3) is 3.59. The zero-order valence-electron chi connectivity index (χ0n) is 12.2. The van der Waals surface area contributed by atoms with E-state index in [9.17, 15) is 4.79 Å². The molecule has 1 atom stereocenters. The van der Waals surface area contributed by atoms with E-state index in [4.69, 9.17) is 4.74 Å². The number of benzene rings is 1. The second-order valence-corrected chi connectivity index (χ2v) is 5.69.